The summed E-state index contributed by atoms with van der Waals surface area (Å²) in [5, 5.41) is 8.88. The molecule has 0 fully saturated rings. The molecule has 2 rings (SSSR count). The Bertz CT molecular complexity index is 520. The molecular formula is C13H10FNO2. The predicted molar refractivity (Wildman–Crippen MR) is 60.0 cm³/mol. The molecule has 0 saturated carbocycles. The average Bonchev–Trinajstić information content (AvgIpc) is 2.39. The summed E-state index contributed by atoms with van der Waals surface area (Å²) in [4.78, 5) is 15.6. The van der Waals surface area contributed by atoms with E-state index in [2.05, 4.69) is 4.98 Å². The van der Waals surface area contributed by atoms with Gasteiger partial charge in [0.25, 0.3) is 0 Å². The van der Waals surface area contributed by atoms with Crippen molar-refractivity contribution in [3.8, 4) is 0 Å². The Labute approximate surface area is 97.6 Å². The Morgan fingerprint density at radius 1 is 1.18 bits per heavy atom. The lowest BCUT2D eigenvalue weighted by Crippen LogP contribution is -2.04. The van der Waals surface area contributed by atoms with E-state index in [0.29, 0.717) is 5.56 Å². The van der Waals surface area contributed by atoms with Crippen molar-refractivity contribution in [1.82, 2.24) is 4.98 Å². The zero-order valence-corrected chi connectivity index (χ0v) is 8.93. The van der Waals surface area contributed by atoms with Crippen molar-refractivity contribution in [2.75, 3.05) is 0 Å². The molecule has 0 atom stereocenters. The first kappa shape index (κ1) is 11.4. The van der Waals surface area contributed by atoms with Gasteiger partial charge in [-0.1, -0.05) is 24.3 Å². The van der Waals surface area contributed by atoms with Crippen LogP contribution in [0, 0.1) is 5.82 Å². The van der Waals surface area contributed by atoms with Crippen molar-refractivity contribution < 1.29 is 14.3 Å². The van der Waals surface area contributed by atoms with Gasteiger partial charge in [-0.3, -0.25) is 4.79 Å². The summed E-state index contributed by atoms with van der Waals surface area (Å²) in [7, 11) is 0. The van der Waals surface area contributed by atoms with Crippen molar-refractivity contribution >= 4 is 5.78 Å². The molecule has 1 heterocycles. The second-order valence-corrected chi connectivity index (χ2v) is 3.55. The van der Waals surface area contributed by atoms with Crippen molar-refractivity contribution in [3.05, 3.63) is 65.2 Å². The van der Waals surface area contributed by atoms with Gasteiger partial charge in [-0.25, -0.2) is 9.37 Å². The summed E-state index contributed by atoms with van der Waals surface area (Å²) in [6.07, 6.45) is 1.01. The number of hydrogen-bond acceptors (Lipinski definition) is 3. The van der Waals surface area contributed by atoms with Crippen LogP contribution < -0.4 is 0 Å². The fourth-order valence-electron chi connectivity index (χ4n) is 1.42. The maximum absolute atomic E-state index is 12.6. The number of pyridine rings is 1. The molecule has 0 bridgehead atoms. The van der Waals surface area contributed by atoms with Crippen LogP contribution in [-0.4, -0.2) is 15.9 Å². The van der Waals surface area contributed by atoms with E-state index in [1.165, 1.54) is 12.1 Å². The maximum atomic E-state index is 12.6. The first-order chi connectivity index (χ1) is 8.20. The lowest BCUT2D eigenvalue weighted by atomic mass is 10.1. The number of aromatic nitrogens is 1. The predicted octanol–water partition coefficient (Wildman–Crippen LogP) is 1.94. The van der Waals surface area contributed by atoms with Crippen molar-refractivity contribution in [3.63, 3.8) is 0 Å². The number of aliphatic hydroxyl groups excluding tert-OH is 1. The fourth-order valence-corrected chi connectivity index (χ4v) is 1.42. The topological polar surface area (TPSA) is 50.2 Å². The third-order valence-electron chi connectivity index (χ3n) is 2.36. The smallest absolute Gasteiger partial charge is 0.211 e. The second kappa shape index (κ2) is 4.84. The molecule has 0 aliphatic carbocycles. The SMILES string of the molecule is O=C(c1ccc(CO)cc1)c1ccc(F)cn1. The molecule has 4 heteroatoms. The summed E-state index contributed by atoms with van der Waals surface area (Å²) < 4.78 is 12.6. The van der Waals surface area contributed by atoms with Gasteiger partial charge in [0.2, 0.25) is 5.78 Å². The molecule has 0 spiro atoms. The Kier molecular flexibility index (Phi) is 3.25. The highest BCUT2D eigenvalue weighted by Gasteiger charge is 2.10. The van der Waals surface area contributed by atoms with Crippen molar-refractivity contribution in [1.29, 1.82) is 0 Å². The normalized spacial score (nSPS) is 10.2. The van der Waals surface area contributed by atoms with Gasteiger partial charge in [-0.15, -0.1) is 0 Å². The molecule has 17 heavy (non-hydrogen) atoms. The van der Waals surface area contributed by atoms with Crippen molar-refractivity contribution in [2.24, 2.45) is 0 Å². The molecular weight excluding hydrogens is 221 g/mol. The first-order valence-electron chi connectivity index (χ1n) is 5.07. The molecule has 3 nitrogen and oxygen atoms in total. The van der Waals surface area contributed by atoms with Gasteiger partial charge in [-0.2, -0.15) is 0 Å². The quantitative estimate of drug-likeness (QED) is 0.821. The minimum atomic E-state index is -0.475. The molecule has 1 aromatic carbocycles. The number of carbonyl (C=O) groups is 1. The summed E-state index contributed by atoms with van der Waals surface area (Å²) in [5.74, 6) is -0.744. The van der Waals surface area contributed by atoms with E-state index in [1.807, 2.05) is 0 Å². The number of carbonyl (C=O) groups excluding carboxylic acids is 1. The molecule has 2 aromatic rings. The van der Waals surface area contributed by atoms with E-state index in [4.69, 9.17) is 5.11 Å². The number of hydrogen-bond donors (Lipinski definition) is 1. The molecule has 1 aromatic heterocycles. The number of rotatable bonds is 3. The van der Waals surface area contributed by atoms with Gasteiger partial charge in [0.05, 0.1) is 12.8 Å². The minimum absolute atomic E-state index is 0.0662. The van der Waals surface area contributed by atoms with Gasteiger partial charge in [0.15, 0.2) is 0 Å². The monoisotopic (exact) mass is 231 g/mol. The zero-order valence-electron chi connectivity index (χ0n) is 8.93. The Morgan fingerprint density at radius 2 is 1.88 bits per heavy atom. The van der Waals surface area contributed by atoms with Gasteiger partial charge in [0.1, 0.15) is 11.5 Å². The Morgan fingerprint density at radius 3 is 2.41 bits per heavy atom. The van der Waals surface area contributed by atoms with E-state index in [0.717, 1.165) is 11.8 Å². The molecule has 0 aliphatic heterocycles. The van der Waals surface area contributed by atoms with Crippen LogP contribution in [0.5, 0.6) is 0 Å². The number of ketones is 1. The Hall–Kier alpha value is -2.07. The zero-order chi connectivity index (χ0) is 12.3. The second-order valence-electron chi connectivity index (χ2n) is 3.55. The molecule has 1 N–H and O–H groups in total. The van der Waals surface area contributed by atoms with Crippen LogP contribution in [0.3, 0.4) is 0 Å². The van der Waals surface area contributed by atoms with E-state index in [1.54, 1.807) is 24.3 Å². The average molecular weight is 231 g/mol. The lowest BCUT2D eigenvalue weighted by molar-refractivity contribution is 0.103. The van der Waals surface area contributed by atoms with Crippen LogP contribution in [0.4, 0.5) is 4.39 Å². The third-order valence-corrected chi connectivity index (χ3v) is 2.36. The van der Waals surface area contributed by atoms with E-state index < -0.39 is 5.82 Å². The number of aliphatic hydroxyl groups is 1. The summed E-state index contributed by atoms with van der Waals surface area (Å²) in [5.41, 5.74) is 1.39. The van der Waals surface area contributed by atoms with Gasteiger partial charge >= 0.3 is 0 Å². The molecule has 86 valence electrons. The standard InChI is InChI=1S/C13H10FNO2/c14-11-5-6-12(15-7-11)13(17)10-3-1-9(8-16)2-4-10/h1-7,16H,8H2. The van der Waals surface area contributed by atoms with Crippen LogP contribution in [0.1, 0.15) is 21.6 Å². The van der Waals surface area contributed by atoms with Crippen LogP contribution in [-0.2, 0) is 6.61 Å². The van der Waals surface area contributed by atoms with Gasteiger partial charge in [-0.05, 0) is 17.7 Å². The van der Waals surface area contributed by atoms with Crippen LogP contribution in [0.15, 0.2) is 42.6 Å². The number of nitrogens with zero attached hydrogens (tertiary/aromatic N) is 1. The summed E-state index contributed by atoms with van der Waals surface area (Å²) in [6.45, 7) is -0.0662. The van der Waals surface area contributed by atoms with Crippen LogP contribution in [0.2, 0.25) is 0 Å². The molecule has 0 aliphatic rings. The summed E-state index contributed by atoms with van der Waals surface area (Å²) >= 11 is 0. The third kappa shape index (κ3) is 2.54. The summed E-state index contributed by atoms with van der Waals surface area (Å²) in [6, 6.07) is 9.09. The first-order valence-corrected chi connectivity index (χ1v) is 5.07. The molecule has 0 radical (unpaired) electrons. The van der Waals surface area contributed by atoms with Crippen molar-refractivity contribution in [2.45, 2.75) is 6.61 Å². The number of halogens is 1. The highest BCUT2D eigenvalue weighted by atomic mass is 19.1. The lowest BCUT2D eigenvalue weighted by Gasteiger charge is -2.01. The van der Waals surface area contributed by atoms with Crippen LogP contribution in [0.25, 0.3) is 0 Å². The number of benzene rings is 1. The van der Waals surface area contributed by atoms with Crippen LogP contribution >= 0.6 is 0 Å². The highest BCUT2D eigenvalue weighted by molar-refractivity contribution is 6.07. The van der Waals surface area contributed by atoms with Gasteiger partial charge in [0, 0.05) is 5.56 Å². The molecule has 0 amide bonds. The molecule has 0 saturated heterocycles. The van der Waals surface area contributed by atoms with E-state index >= 15 is 0 Å². The van der Waals surface area contributed by atoms with E-state index in [9.17, 15) is 9.18 Å². The van der Waals surface area contributed by atoms with E-state index in [-0.39, 0.29) is 18.1 Å². The maximum Gasteiger partial charge on any atom is 0.211 e. The minimum Gasteiger partial charge on any atom is -0.392 e. The highest BCUT2D eigenvalue weighted by Crippen LogP contribution is 2.10. The fraction of sp³-hybridized carbons (Fsp3) is 0.0769. The van der Waals surface area contributed by atoms with Gasteiger partial charge < -0.3 is 5.11 Å². The largest absolute Gasteiger partial charge is 0.392 e. The Balaban J connectivity index is 2.27. The molecule has 0 unspecified atom stereocenters.